The Kier molecular flexibility index (Phi) is 4.06. The fourth-order valence-corrected chi connectivity index (χ4v) is 2.17. The molecule has 1 aromatic rings. The highest BCUT2D eigenvalue weighted by Gasteiger charge is 2.35. The summed E-state index contributed by atoms with van der Waals surface area (Å²) < 4.78 is 65.6. The van der Waals surface area contributed by atoms with E-state index in [1.54, 1.807) is 0 Å². The lowest BCUT2D eigenvalue weighted by Gasteiger charge is -2.29. The van der Waals surface area contributed by atoms with Gasteiger partial charge in [0.25, 0.3) is 0 Å². The van der Waals surface area contributed by atoms with Crippen LogP contribution in [0.4, 0.5) is 27.6 Å². The van der Waals surface area contributed by atoms with Crippen LogP contribution in [0, 0.1) is 0 Å². The minimum Gasteiger partial charge on any atom is -0.406 e. The Morgan fingerprint density at radius 3 is 2.10 bits per heavy atom. The predicted octanol–water partition coefficient (Wildman–Crippen LogP) is 4.58. The van der Waals surface area contributed by atoms with Gasteiger partial charge in [-0.1, -0.05) is 0 Å². The van der Waals surface area contributed by atoms with Crippen molar-refractivity contribution in [3.8, 4) is 5.75 Å². The monoisotopic (exact) mass is 295 g/mol. The highest BCUT2D eigenvalue weighted by atomic mass is 19.4. The molecule has 0 aromatic heterocycles. The third-order valence-electron chi connectivity index (χ3n) is 3.18. The lowest BCUT2D eigenvalue weighted by molar-refractivity contribution is -0.274. The molecule has 0 unspecified atom stereocenters. The fraction of sp³-hybridized carbons (Fsp3) is 0.538. The molecular formula is C13H14F5NO. The second-order valence-corrected chi connectivity index (χ2v) is 4.85. The SMILES string of the molecule is FC1(F)CCC(Nc2ccc(OC(F)(F)F)cc2)CC1. The van der Waals surface area contributed by atoms with Gasteiger partial charge in [0.05, 0.1) is 0 Å². The molecule has 1 N–H and O–H groups in total. The lowest BCUT2D eigenvalue weighted by atomic mass is 9.92. The quantitative estimate of drug-likeness (QED) is 0.824. The summed E-state index contributed by atoms with van der Waals surface area (Å²) in [5, 5.41) is 3.04. The van der Waals surface area contributed by atoms with Crippen molar-refractivity contribution in [3.05, 3.63) is 24.3 Å². The normalized spacial score (nSPS) is 19.6. The first kappa shape index (κ1) is 14.9. The third kappa shape index (κ3) is 4.54. The fourth-order valence-electron chi connectivity index (χ4n) is 2.17. The molecule has 1 aliphatic rings. The largest absolute Gasteiger partial charge is 0.573 e. The van der Waals surface area contributed by atoms with Crippen molar-refractivity contribution in [2.45, 2.75) is 44.0 Å². The van der Waals surface area contributed by atoms with E-state index < -0.39 is 12.3 Å². The lowest BCUT2D eigenvalue weighted by Crippen LogP contribution is -2.31. The van der Waals surface area contributed by atoms with Gasteiger partial charge in [0, 0.05) is 24.6 Å². The van der Waals surface area contributed by atoms with Gasteiger partial charge >= 0.3 is 6.36 Å². The van der Waals surface area contributed by atoms with Gasteiger partial charge in [0.1, 0.15) is 5.75 Å². The number of halogens is 5. The molecule has 112 valence electrons. The second-order valence-electron chi connectivity index (χ2n) is 4.85. The summed E-state index contributed by atoms with van der Waals surface area (Å²) in [7, 11) is 0. The molecule has 0 aliphatic heterocycles. The first-order valence-corrected chi connectivity index (χ1v) is 6.24. The van der Waals surface area contributed by atoms with Gasteiger partial charge in [-0.15, -0.1) is 13.2 Å². The van der Waals surface area contributed by atoms with Gasteiger partial charge in [-0.05, 0) is 37.1 Å². The molecule has 0 saturated heterocycles. The zero-order chi connectivity index (χ0) is 14.8. The average molecular weight is 295 g/mol. The van der Waals surface area contributed by atoms with E-state index in [1.165, 1.54) is 24.3 Å². The van der Waals surface area contributed by atoms with Crippen LogP contribution in [0.2, 0.25) is 0 Å². The molecule has 0 spiro atoms. The number of rotatable bonds is 3. The Labute approximate surface area is 112 Å². The highest BCUT2D eigenvalue weighted by molar-refractivity contribution is 5.47. The molecule has 1 saturated carbocycles. The molecule has 0 radical (unpaired) electrons. The maximum absolute atomic E-state index is 13.0. The summed E-state index contributed by atoms with van der Waals surface area (Å²) in [6.07, 6.45) is -4.37. The molecule has 1 aliphatic carbocycles. The summed E-state index contributed by atoms with van der Waals surface area (Å²) in [5.74, 6) is -2.90. The van der Waals surface area contributed by atoms with E-state index in [9.17, 15) is 22.0 Å². The summed E-state index contributed by atoms with van der Waals surface area (Å²) in [4.78, 5) is 0. The van der Waals surface area contributed by atoms with Crippen LogP contribution in [0.15, 0.2) is 24.3 Å². The maximum Gasteiger partial charge on any atom is 0.573 e. The van der Waals surface area contributed by atoms with E-state index in [4.69, 9.17) is 0 Å². The summed E-state index contributed by atoms with van der Waals surface area (Å²) >= 11 is 0. The molecule has 0 amide bonds. The molecule has 0 bridgehead atoms. The molecule has 20 heavy (non-hydrogen) atoms. The molecule has 0 heterocycles. The van der Waals surface area contributed by atoms with Crippen molar-refractivity contribution in [2.75, 3.05) is 5.32 Å². The summed E-state index contributed by atoms with van der Waals surface area (Å²) in [5.41, 5.74) is 0.592. The van der Waals surface area contributed by atoms with Crippen LogP contribution < -0.4 is 10.1 Å². The van der Waals surface area contributed by atoms with Crippen LogP contribution in [-0.2, 0) is 0 Å². The van der Waals surface area contributed by atoms with Crippen molar-refractivity contribution in [3.63, 3.8) is 0 Å². The zero-order valence-corrected chi connectivity index (χ0v) is 10.5. The minimum atomic E-state index is -4.72. The predicted molar refractivity (Wildman–Crippen MR) is 64.0 cm³/mol. The van der Waals surface area contributed by atoms with E-state index in [2.05, 4.69) is 10.1 Å². The van der Waals surface area contributed by atoms with E-state index in [0.29, 0.717) is 18.5 Å². The number of hydrogen-bond donors (Lipinski definition) is 1. The standard InChI is InChI=1S/C13H14F5NO/c14-12(15)7-5-10(6-8-12)19-9-1-3-11(4-2-9)20-13(16,17)18/h1-4,10,19H,5-8H2. The first-order valence-electron chi connectivity index (χ1n) is 6.24. The Balaban J connectivity index is 1.88. The van der Waals surface area contributed by atoms with Gasteiger partial charge in [0.15, 0.2) is 0 Å². The van der Waals surface area contributed by atoms with Crippen LogP contribution in [0.5, 0.6) is 5.75 Å². The molecule has 2 nitrogen and oxygen atoms in total. The van der Waals surface area contributed by atoms with Crippen molar-refractivity contribution in [1.29, 1.82) is 0 Å². The molecule has 1 fully saturated rings. The zero-order valence-electron chi connectivity index (χ0n) is 10.5. The van der Waals surface area contributed by atoms with Crippen LogP contribution in [-0.4, -0.2) is 18.3 Å². The molecule has 0 atom stereocenters. The number of nitrogens with one attached hydrogen (secondary N) is 1. The Morgan fingerprint density at radius 1 is 1.05 bits per heavy atom. The van der Waals surface area contributed by atoms with Crippen LogP contribution in [0.3, 0.4) is 0 Å². The number of anilines is 1. The molecule has 2 rings (SSSR count). The van der Waals surface area contributed by atoms with Crippen molar-refractivity contribution in [2.24, 2.45) is 0 Å². The number of benzene rings is 1. The van der Waals surface area contributed by atoms with E-state index in [1.807, 2.05) is 0 Å². The minimum absolute atomic E-state index is 0.0796. The number of ether oxygens (including phenoxy) is 1. The van der Waals surface area contributed by atoms with Crippen LogP contribution >= 0.6 is 0 Å². The highest BCUT2D eigenvalue weighted by Crippen LogP contribution is 2.34. The number of hydrogen-bond acceptors (Lipinski definition) is 2. The Bertz CT molecular complexity index is 433. The second kappa shape index (κ2) is 5.46. The van der Waals surface area contributed by atoms with Gasteiger partial charge in [-0.3, -0.25) is 0 Å². The Morgan fingerprint density at radius 2 is 1.60 bits per heavy atom. The molecule has 7 heteroatoms. The average Bonchev–Trinajstić information content (AvgIpc) is 2.32. The maximum atomic E-state index is 13.0. The van der Waals surface area contributed by atoms with Gasteiger partial charge in [-0.2, -0.15) is 0 Å². The van der Waals surface area contributed by atoms with Crippen LogP contribution in [0.25, 0.3) is 0 Å². The summed E-state index contributed by atoms with van der Waals surface area (Å²) in [6, 6.07) is 5.17. The molecular weight excluding hydrogens is 281 g/mol. The van der Waals surface area contributed by atoms with Gasteiger partial charge in [0.2, 0.25) is 5.92 Å². The topological polar surface area (TPSA) is 21.3 Å². The van der Waals surface area contributed by atoms with Gasteiger partial charge in [-0.25, -0.2) is 8.78 Å². The van der Waals surface area contributed by atoms with Crippen molar-refractivity contribution in [1.82, 2.24) is 0 Å². The number of alkyl halides is 5. The molecule has 1 aromatic carbocycles. The van der Waals surface area contributed by atoms with E-state index in [0.717, 1.165) is 0 Å². The van der Waals surface area contributed by atoms with Crippen LogP contribution in [0.1, 0.15) is 25.7 Å². The summed E-state index contributed by atoms with van der Waals surface area (Å²) in [6.45, 7) is 0. The van der Waals surface area contributed by atoms with E-state index in [-0.39, 0.29) is 24.6 Å². The first-order chi connectivity index (χ1) is 9.23. The van der Waals surface area contributed by atoms with Crippen molar-refractivity contribution < 1.29 is 26.7 Å². The van der Waals surface area contributed by atoms with Gasteiger partial charge < -0.3 is 10.1 Å². The smallest absolute Gasteiger partial charge is 0.406 e. The van der Waals surface area contributed by atoms with E-state index >= 15 is 0 Å². The third-order valence-corrected chi connectivity index (χ3v) is 3.18. The van der Waals surface area contributed by atoms with Crippen molar-refractivity contribution >= 4 is 5.69 Å². The Hall–Kier alpha value is -1.53.